The van der Waals surface area contributed by atoms with Crippen LogP contribution in [0.15, 0.2) is 65.1 Å². The minimum Gasteiger partial charge on any atom is -0.459 e. The summed E-state index contributed by atoms with van der Waals surface area (Å²) in [5, 5.41) is 3.71. The predicted molar refractivity (Wildman–Crippen MR) is 77.2 cm³/mol. The summed E-state index contributed by atoms with van der Waals surface area (Å²) in [7, 11) is 0. The highest BCUT2D eigenvalue weighted by molar-refractivity contribution is 5.78. The van der Waals surface area contributed by atoms with Crippen LogP contribution in [-0.2, 0) is 0 Å². The average molecular weight is 266 g/mol. The van der Waals surface area contributed by atoms with Crippen molar-refractivity contribution in [2.24, 2.45) is 5.73 Å². The van der Waals surface area contributed by atoms with Crippen molar-refractivity contribution in [1.82, 2.24) is 5.32 Å². The van der Waals surface area contributed by atoms with Gasteiger partial charge in [0, 0.05) is 5.39 Å². The van der Waals surface area contributed by atoms with Crippen LogP contribution < -0.4 is 11.1 Å². The second kappa shape index (κ2) is 5.09. The smallest absolute Gasteiger partial charge is 0.313 e. The minimum absolute atomic E-state index is 0.388. The van der Waals surface area contributed by atoms with Gasteiger partial charge in [-0.1, -0.05) is 48.5 Å². The van der Waals surface area contributed by atoms with Gasteiger partial charge in [-0.25, -0.2) is 4.79 Å². The summed E-state index contributed by atoms with van der Waals surface area (Å²) in [6.07, 6.45) is 0. The number of furan rings is 1. The first kappa shape index (κ1) is 12.3. The lowest BCUT2D eigenvalue weighted by molar-refractivity contribution is 0.245. The van der Waals surface area contributed by atoms with Crippen molar-refractivity contribution < 1.29 is 9.21 Å². The van der Waals surface area contributed by atoms with Crippen molar-refractivity contribution >= 4 is 17.0 Å². The quantitative estimate of drug-likeness (QED) is 0.764. The molecule has 0 saturated carbocycles. The second-order valence-corrected chi connectivity index (χ2v) is 4.54. The molecule has 0 unspecified atom stereocenters. The lowest BCUT2D eigenvalue weighted by atomic mass is 10.0. The fourth-order valence-corrected chi connectivity index (χ4v) is 2.25. The summed E-state index contributed by atoms with van der Waals surface area (Å²) in [6, 6.07) is 18.3. The highest BCUT2D eigenvalue weighted by atomic mass is 16.3. The largest absolute Gasteiger partial charge is 0.459 e. The maximum absolute atomic E-state index is 11.2. The predicted octanol–water partition coefficient (Wildman–Crippen LogP) is 3.19. The zero-order chi connectivity index (χ0) is 13.9. The molecule has 2 aromatic carbocycles. The molecule has 0 radical (unpaired) electrons. The van der Waals surface area contributed by atoms with Gasteiger partial charge in [-0.3, -0.25) is 0 Å². The molecule has 0 aliphatic rings. The highest BCUT2D eigenvalue weighted by Crippen LogP contribution is 2.28. The number of primary amides is 1. The van der Waals surface area contributed by atoms with Crippen LogP contribution in [0.2, 0.25) is 0 Å². The van der Waals surface area contributed by atoms with Gasteiger partial charge < -0.3 is 15.5 Å². The fourth-order valence-electron chi connectivity index (χ4n) is 2.25. The van der Waals surface area contributed by atoms with Gasteiger partial charge in [0.2, 0.25) is 0 Å². The second-order valence-electron chi connectivity index (χ2n) is 4.54. The Labute approximate surface area is 116 Å². The molecule has 2 amide bonds. The van der Waals surface area contributed by atoms with Gasteiger partial charge in [-0.15, -0.1) is 0 Å². The Kier molecular flexibility index (Phi) is 3.13. The lowest BCUT2D eigenvalue weighted by Gasteiger charge is -2.15. The van der Waals surface area contributed by atoms with E-state index in [0.29, 0.717) is 5.76 Å². The first-order chi connectivity index (χ1) is 9.74. The third-order valence-corrected chi connectivity index (χ3v) is 3.15. The maximum Gasteiger partial charge on any atom is 0.313 e. The SMILES string of the molecule is NC(=O)N[C@H](c1ccccc1)c1cc2ccccc2o1. The number of hydrogen-bond donors (Lipinski definition) is 2. The van der Waals surface area contributed by atoms with Gasteiger partial charge in [0.1, 0.15) is 17.4 Å². The van der Waals surface area contributed by atoms with Crippen LogP contribution in [0.3, 0.4) is 0 Å². The molecule has 0 spiro atoms. The van der Waals surface area contributed by atoms with Crippen molar-refractivity contribution in [3.05, 3.63) is 72.0 Å². The van der Waals surface area contributed by atoms with Crippen LogP contribution >= 0.6 is 0 Å². The fraction of sp³-hybridized carbons (Fsp3) is 0.0625. The van der Waals surface area contributed by atoms with Crippen LogP contribution in [0.25, 0.3) is 11.0 Å². The van der Waals surface area contributed by atoms with Crippen molar-refractivity contribution in [1.29, 1.82) is 0 Å². The van der Waals surface area contributed by atoms with Crippen LogP contribution in [-0.4, -0.2) is 6.03 Å². The third kappa shape index (κ3) is 2.36. The highest BCUT2D eigenvalue weighted by Gasteiger charge is 2.19. The maximum atomic E-state index is 11.2. The molecule has 1 atom stereocenters. The summed E-state index contributed by atoms with van der Waals surface area (Å²) in [4.78, 5) is 11.2. The van der Waals surface area contributed by atoms with Crippen molar-refractivity contribution in [3.63, 3.8) is 0 Å². The van der Waals surface area contributed by atoms with E-state index in [9.17, 15) is 4.79 Å². The number of carbonyl (C=O) groups excluding carboxylic acids is 1. The molecule has 1 heterocycles. The van der Waals surface area contributed by atoms with E-state index >= 15 is 0 Å². The monoisotopic (exact) mass is 266 g/mol. The number of benzene rings is 2. The molecular formula is C16H14N2O2. The Bertz CT molecular complexity index is 701. The normalized spacial score (nSPS) is 12.2. The number of para-hydroxylation sites is 1. The number of nitrogens with two attached hydrogens (primary N) is 1. The Morgan fingerprint density at radius 2 is 1.75 bits per heavy atom. The van der Waals surface area contributed by atoms with E-state index in [1.807, 2.05) is 60.7 Å². The zero-order valence-electron chi connectivity index (χ0n) is 10.7. The summed E-state index contributed by atoms with van der Waals surface area (Å²) >= 11 is 0. The zero-order valence-corrected chi connectivity index (χ0v) is 10.7. The molecule has 100 valence electrons. The molecule has 1 aromatic heterocycles. The first-order valence-corrected chi connectivity index (χ1v) is 6.33. The number of carbonyl (C=O) groups is 1. The van der Waals surface area contributed by atoms with Crippen molar-refractivity contribution in [2.45, 2.75) is 6.04 Å². The number of nitrogens with one attached hydrogen (secondary N) is 1. The molecule has 0 saturated heterocycles. The molecule has 4 heteroatoms. The van der Waals surface area contributed by atoms with Gasteiger partial charge in [0.15, 0.2) is 0 Å². The molecule has 3 N–H and O–H groups in total. The Morgan fingerprint density at radius 1 is 1.05 bits per heavy atom. The Morgan fingerprint density at radius 3 is 2.45 bits per heavy atom. The van der Waals surface area contributed by atoms with Gasteiger partial charge in [-0.2, -0.15) is 0 Å². The molecule has 4 nitrogen and oxygen atoms in total. The van der Waals surface area contributed by atoms with Gasteiger partial charge in [-0.05, 0) is 17.7 Å². The van der Waals surface area contributed by atoms with E-state index < -0.39 is 6.03 Å². The summed E-state index contributed by atoms with van der Waals surface area (Å²) in [6.45, 7) is 0. The van der Waals surface area contributed by atoms with Crippen LogP contribution in [0, 0.1) is 0 Å². The number of fused-ring (bicyclic) bond motifs is 1. The molecule has 3 rings (SSSR count). The number of rotatable bonds is 3. The molecule has 20 heavy (non-hydrogen) atoms. The number of urea groups is 1. The van der Waals surface area contributed by atoms with E-state index in [0.717, 1.165) is 16.5 Å². The van der Waals surface area contributed by atoms with E-state index in [2.05, 4.69) is 5.32 Å². The average Bonchev–Trinajstić information content (AvgIpc) is 2.89. The van der Waals surface area contributed by atoms with Gasteiger partial charge in [0.05, 0.1) is 0 Å². The van der Waals surface area contributed by atoms with E-state index in [-0.39, 0.29) is 6.04 Å². The van der Waals surface area contributed by atoms with Gasteiger partial charge in [0.25, 0.3) is 0 Å². The molecule has 0 bridgehead atoms. The minimum atomic E-state index is -0.584. The standard InChI is InChI=1S/C16H14N2O2/c17-16(19)18-15(11-6-2-1-3-7-11)14-10-12-8-4-5-9-13(12)20-14/h1-10,15H,(H3,17,18,19)/t15-/m1/s1. The number of amides is 2. The molecule has 0 fully saturated rings. The summed E-state index contributed by atoms with van der Waals surface area (Å²) in [5.74, 6) is 0.663. The topological polar surface area (TPSA) is 68.3 Å². The molecule has 0 aliphatic carbocycles. The van der Waals surface area contributed by atoms with Crippen LogP contribution in [0.1, 0.15) is 17.4 Å². The number of hydrogen-bond acceptors (Lipinski definition) is 2. The van der Waals surface area contributed by atoms with E-state index in [4.69, 9.17) is 10.2 Å². The van der Waals surface area contributed by atoms with Gasteiger partial charge >= 0.3 is 6.03 Å². The van der Waals surface area contributed by atoms with Crippen LogP contribution in [0.4, 0.5) is 4.79 Å². The molecule has 0 aliphatic heterocycles. The van der Waals surface area contributed by atoms with E-state index in [1.165, 1.54) is 0 Å². The van der Waals surface area contributed by atoms with Crippen molar-refractivity contribution in [3.8, 4) is 0 Å². The summed E-state index contributed by atoms with van der Waals surface area (Å²) in [5.41, 5.74) is 6.98. The van der Waals surface area contributed by atoms with Crippen LogP contribution in [0.5, 0.6) is 0 Å². The lowest BCUT2D eigenvalue weighted by Crippen LogP contribution is -2.33. The Balaban J connectivity index is 2.06. The van der Waals surface area contributed by atoms with E-state index in [1.54, 1.807) is 0 Å². The molecule has 3 aromatic rings. The molecular weight excluding hydrogens is 252 g/mol. The van der Waals surface area contributed by atoms with Crippen molar-refractivity contribution in [2.75, 3.05) is 0 Å². The summed E-state index contributed by atoms with van der Waals surface area (Å²) < 4.78 is 5.82. The first-order valence-electron chi connectivity index (χ1n) is 6.33. The Hall–Kier alpha value is -2.75. The third-order valence-electron chi connectivity index (χ3n) is 3.15.